The van der Waals surface area contributed by atoms with Gasteiger partial charge >= 0.3 is 11.9 Å². The average Bonchev–Trinajstić information content (AvgIpc) is 3.16. The number of ether oxygens (including phenoxy) is 4. The van der Waals surface area contributed by atoms with Crippen molar-refractivity contribution >= 4 is 39.4 Å². The minimum Gasteiger partial charge on any atom is -0.490 e. The van der Waals surface area contributed by atoms with E-state index in [0.717, 1.165) is 0 Å². The van der Waals surface area contributed by atoms with Crippen molar-refractivity contribution in [1.29, 1.82) is 0 Å². The molecule has 0 spiro atoms. The fourth-order valence-electron chi connectivity index (χ4n) is 3.18. The molecule has 0 radical (unpaired) electrons. The second kappa shape index (κ2) is 11.5. The highest BCUT2D eigenvalue weighted by atomic mass is 32.1. The number of amides is 1. The van der Waals surface area contributed by atoms with Gasteiger partial charge in [-0.3, -0.25) is 9.59 Å². The number of carbonyl (C=O) groups is 3. The molecule has 3 rings (SSSR count). The van der Waals surface area contributed by atoms with E-state index in [1.807, 2.05) is 13.8 Å². The van der Waals surface area contributed by atoms with Gasteiger partial charge in [0, 0.05) is 5.56 Å². The summed E-state index contributed by atoms with van der Waals surface area (Å²) < 4.78 is 23.3. The molecule has 0 aliphatic carbocycles. The predicted octanol–water partition coefficient (Wildman–Crippen LogP) is 3.59. The van der Waals surface area contributed by atoms with Crippen LogP contribution in [0.1, 0.15) is 41.5 Å². The Morgan fingerprint density at radius 1 is 0.912 bits per heavy atom. The summed E-state index contributed by atoms with van der Waals surface area (Å²) in [5.41, 5.74) is 1.31. The molecule has 9 nitrogen and oxygen atoms in total. The minimum atomic E-state index is -0.514. The van der Waals surface area contributed by atoms with E-state index in [9.17, 15) is 14.4 Å². The number of hydrogen-bond donors (Lipinski definition) is 0. The maximum atomic E-state index is 13.0. The number of aromatic nitrogens is 1. The van der Waals surface area contributed by atoms with Gasteiger partial charge in [-0.25, -0.2) is 4.79 Å². The van der Waals surface area contributed by atoms with Gasteiger partial charge in [0.25, 0.3) is 5.91 Å². The van der Waals surface area contributed by atoms with Crippen molar-refractivity contribution in [3.63, 3.8) is 0 Å². The first-order valence-electron chi connectivity index (χ1n) is 10.8. The van der Waals surface area contributed by atoms with E-state index >= 15 is 0 Å². The molecule has 1 heterocycles. The minimum absolute atomic E-state index is 0.144. The second-order valence-corrected chi connectivity index (χ2v) is 7.90. The third kappa shape index (κ3) is 5.63. The van der Waals surface area contributed by atoms with Crippen LogP contribution in [-0.4, -0.2) is 49.3 Å². The van der Waals surface area contributed by atoms with E-state index in [-0.39, 0.29) is 13.2 Å². The molecule has 0 unspecified atom stereocenters. The summed E-state index contributed by atoms with van der Waals surface area (Å²) in [6.45, 7) is 6.41. The Bertz CT molecular complexity index is 1280. The highest BCUT2D eigenvalue weighted by molar-refractivity contribution is 7.16. The van der Waals surface area contributed by atoms with E-state index in [1.165, 1.54) is 18.4 Å². The molecule has 0 atom stereocenters. The molecule has 0 N–H and O–H groups in total. The molecule has 0 fully saturated rings. The maximum absolute atomic E-state index is 13.0. The van der Waals surface area contributed by atoms with Crippen molar-refractivity contribution in [3.8, 4) is 11.5 Å². The molecule has 2 aromatic carbocycles. The third-order valence-electron chi connectivity index (χ3n) is 4.70. The Labute approximate surface area is 200 Å². The Morgan fingerprint density at radius 2 is 1.62 bits per heavy atom. The van der Waals surface area contributed by atoms with Crippen LogP contribution >= 0.6 is 11.3 Å². The summed E-state index contributed by atoms with van der Waals surface area (Å²) in [6, 6.07) is 9.80. The smallest absolute Gasteiger partial charge is 0.338 e. The first-order valence-corrected chi connectivity index (χ1v) is 11.6. The number of hydrogen-bond acceptors (Lipinski definition) is 8. The molecule has 0 aliphatic heterocycles. The van der Waals surface area contributed by atoms with Gasteiger partial charge in [-0.15, -0.1) is 0 Å². The fourth-order valence-corrected chi connectivity index (χ4v) is 4.25. The van der Waals surface area contributed by atoms with Crippen molar-refractivity contribution in [1.82, 2.24) is 4.57 Å². The summed E-state index contributed by atoms with van der Waals surface area (Å²) in [6.07, 6.45) is 0. The van der Waals surface area contributed by atoms with E-state index in [4.69, 9.17) is 18.9 Å². The lowest BCUT2D eigenvalue weighted by Crippen LogP contribution is -2.22. The van der Waals surface area contributed by atoms with Crippen LogP contribution in [0, 0.1) is 0 Å². The van der Waals surface area contributed by atoms with Crippen molar-refractivity contribution < 1.29 is 33.3 Å². The molecule has 34 heavy (non-hydrogen) atoms. The molecular weight excluding hydrogens is 460 g/mol. The Kier molecular flexibility index (Phi) is 8.42. The van der Waals surface area contributed by atoms with E-state index < -0.39 is 17.8 Å². The van der Waals surface area contributed by atoms with Crippen LogP contribution in [0.3, 0.4) is 0 Å². The zero-order chi connectivity index (χ0) is 24.7. The Morgan fingerprint density at radius 3 is 2.29 bits per heavy atom. The molecule has 0 saturated carbocycles. The van der Waals surface area contributed by atoms with E-state index in [2.05, 4.69) is 4.99 Å². The molecule has 10 heteroatoms. The Balaban J connectivity index is 2.09. The second-order valence-electron chi connectivity index (χ2n) is 6.89. The standard InChI is InChI=1S/C24H26N2O7S/c1-5-31-18-11-9-15(12-19(18)32-6-2)22(28)25-24-26(14-21(27)30-4)17-10-8-16(13-20(17)34-24)23(29)33-7-3/h8-13H,5-7,14H2,1-4H3. The summed E-state index contributed by atoms with van der Waals surface area (Å²) in [7, 11) is 1.29. The summed E-state index contributed by atoms with van der Waals surface area (Å²) in [4.78, 5) is 41.7. The van der Waals surface area contributed by atoms with Crippen LogP contribution in [0.15, 0.2) is 41.4 Å². The molecule has 180 valence electrons. The number of benzene rings is 2. The van der Waals surface area contributed by atoms with Crippen molar-refractivity contribution in [3.05, 3.63) is 52.3 Å². The van der Waals surface area contributed by atoms with Crippen molar-refractivity contribution in [2.45, 2.75) is 27.3 Å². The van der Waals surface area contributed by atoms with E-state index in [1.54, 1.807) is 47.9 Å². The fraction of sp³-hybridized carbons (Fsp3) is 0.333. The molecule has 0 saturated heterocycles. The zero-order valence-corrected chi connectivity index (χ0v) is 20.3. The summed E-state index contributed by atoms with van der Waals surface area (Å²) in [5, 5.41) is 0. The van der Waals surface area contributed by atoms with Gasteiger partial charge < -0.3 is 23.5 Å². The first kappa shape index (κ1) is 25.0. The number of carbonyl (C=O) groups excluding carboxylic acids is 3. The van der Waals surface area contributed by atoms with Gasteiger partial charge in [0.2, 0.25) is 0 Å². The lowest BCUT2D eigenvalue weighted by atomic mass is 10.2. The van der Waals surface area contributed by atoms with Gasteiger partial charge in [0.15, 0.2) is 16.3 Å². The van der Waals surface area contributed by atoms with Crippen LogP contribution in [0.5, 0.6) is 11.5 Å². The van der Waals surface area contributed by atoms with Crippen LogP contribution in [0.2, 0.25) is 0 Å². The number of rotatable bonds is 9. The quantitative estimate of drug-likeness (QED) is 0.426. The van der Waals surface area contributed by atoms with Gasteiger partial charge in [-0.1, -0.05) is 11.3 Å². The van der Waals surface area contributed by atoms with Gasteiger partial charge in [-0.05, 0) is 57.2 Å². The van der Waals surface area contributed by atoms with Crippen LogP contribution in [0.25, 0.3) is 10.2 Å². The van der Waals surface area contributed by atoms with Crippen LogP contribution in [0.4, 0.5) is 0 Å². The molecule has 3 aromatic rings. The van der Waals surface area contributed by atoms with Gasteiger partial charge in [-0.2, -0.15) is 4.99 Å². The lowest BCUT2D eigenvalue weighted by molar-refractivity contribution is -0.141. The summed E-state index contributed by atoms with van der Waals surface area (Å²) in [5.74, 6) is -0.481. The topological polar surface area (TPSA) is 105 Å². The van der Waals surface area contributed by atoms with Crippen LogP contribution in [-0.2, 0) is 20.8 Å². The first-order chi connectivity index (χ1) is 16.4. The number of methoxy groups -OCH3 is 1. The normalized spacial score (nSPS) is 11.4. The number of nitrogens with zero attached hydrogens (tertiary/aromatic N) is 2. The monoisotopic (exact) mass is 486 g/mol. The largest absolute Gasteiger partial charge is 0.490 e. The zero-order valence-electron chi connectivity index (χ0n) is 19.5. The van der Waals surface area contributed by atoms with Crippen LogP contribution < -0.4 is 14.3 Å². The van der Waals surface area contributed by atoms with E-state index in [0.29, 0.717) is 50.9 Å². The maximum Gasteiger partial charge on any atom is 0.338 e. The highest BCUT2D eigenvalue weighted by Gasteiger charge is 2.16. The Hall–Kier alpha value is -3.66. The predicted molar refractivity (Wildman–Crippen MR) is 126 cm³/mol. The number of esters is 2. The number of fused-ring (bicyclic) bond motifs is 1. The highest BCUT2D eigenvalue weighted by Crippen LogP contribution is 2.29. The SMILES string of the molecule is CCOC(=O)c1ccc2c(c1)sc(=NC(=O)c1ccc(OCC)c(OCC)c1)n2CC(=O)OC. The third-order valence-corrected chi connectivity index (χ3v) is 5.74. The number of thiazole rings is 1. The lowest BCUT2D eigenvalue weighted by Gasteiger charge is -2.11. The summed E-state index contributed by atoms with van der Waals surface area (Å²) >= 11 is 1.18. The molecule has 0 bridgehead atoms. The van der Waals surface area contributed by atoms with Gasteiger partial charge in [0.1, 0.15) is 6.54 Å². The molecule has 1 aromatic heterocycles. The van der Waals surface area contributed by atoms with Gasteiger partial charge in [0.05, 0.1) is 42.7 Å². The molecule has 1 amide bonds. The molecule has 0 aliphatic rings. The molecular formula is C24H26N2O7S. The van der Waals surface area contributed by atoms with Crippen molar-refractivity contribution in [2.75, 3.05) is 26.9 Å². The van der Waals surface area contributed by atoms with Crippen molar-refractivity contribution in [2.24, 2.45) is 4.99 Å². The average molecular weight is 487 g/mol.